The van der Waals surface area contributed by atoms with Gasteiger partial charge in [-0.1, -0.05) is 12.1 Å². The third kappa shape index (κ3) is 3.31. The highest BCUT2D eigenvalue weighted by Crippen LogP contribution is 2.34. The summed E-state index contributed by atoms with van der Waals surface area (Å²) in [6.07, 6.45) is 1.96. The molecule has 0 atom stereocenters. The predicted octanol–water partition coefficient (Wildman–Crippen LogP) is 4.06. The lowest BCUT2D eigenvalue weighted by Gasteiger charge is -2.33. The number of morpholine rings is 1. The lowest BCUT2D eigenvalue weighted by Crippen LogP contribution is -2.36. The number of hydrogen-bond donors (Lipinski definition) is 1. The average Bonchev–Trinajstić information content (AvgIpc) is 3.45. The van der Waals surface area contributed by atoms with E-state index in [4.69, 9.17) is 14.1 Å². The number of anilines is 2. The Labute approximate surface area is 178 Å². The molecule has 2 aliphatic heterocycles. The first-order chi connectivity index (χ1) is 15.3. The topological polar surface area (TPSA) is 70.4 Å². The molecule has 0 aliphatic carbocycles. The molecule has 1 N–H and O–H groups in total. The second-order valence-corrected chi connectivity index (χ2v) is 8.28. The second-order valence-electron chi connectivity index (χ2n) is 8.28. The van der Waals surface area contributed by atoms with E-state index in [0.29, 0.717) is 30.7 Å². The van der Waals surface area contributed by atoms with Gasteiger partial charge in [0.25, 0.3) is 6.01 Å². The van der Waals surface area contributed by atoms with Crippen LogP contribution in [-0.2, 0) is 4.74 Å². The summed E-state index contributed by atoms with van der Waals surface area (Å²) in [6, 6.07) is 12.1. The Kier molecular flexibility index (Phi) is 4.52. The number of aromatic nitrogens is 3. The molecule has 31 heavy (non-hydrogen) atoms. The number of piperidine rings is 1. The van der Waals surface area contributed by atoms with Crippen molar-refractivity contribution in [3.63, 3.8) is 0 Å². The van der Waals surface area contributed by atoms with E-state index in [1.165, 1.54) is 6.07 Å². The monoisotopic (exact) mass is 421 g/mol. The van der Waals surface area contributed by atoms with Crippen molar-refractivity contribution in [2.45, 2.75) is 18.8 Å². The van der Waals surface area contributed by atoms with Gasteiger partial charge in [0.05, 0.1) is 18.9 Å². The van der Waals surface area contributed by atoms with E-state index in [1.807, 2.05) is 12.1 Å². The Bertz CT molecular complexity index is 1220. The van der Waals surface area contributed by atoms with Crippen LogP contribution < -0.4 is 9.80 Å². The second kappa shape index (κ2) is 7.53. The number of ether oxygens (including phenoxy) is 1. The number of hydrogen-bond acceptors (Lipinski definition) is 6. The molecule has 2 saturated heterocycles. The van der Waals surface area contributed by atoms with Gasteiger partial charge in [0, 0.05) is 43.2 Å². The van der Waals surface area contributed by atoms with E-state index in [2.05, 4.69) is 32.1 Å². The zero-order chi connectivity index (χ0) is 20.8. The van der Waals surface area contributed by atoms with E-state index < -0.39 is 0 Å². The van der Waals surface area contributed by atoms with Crippen molar-refractivity contribution < 1.29 is 13.5 Å². The van der Waals surface area contributed by atoms with E-state index in [9.17, 15) is 4.39 Å². The summed E-state index contributed by atoms with van der Waals surface area (Å²) in [5, 5.41) is 8.22. The van der Waals surface area contributed by atoms with Crippen LogP contribution in [0.2, 0.25) is 0 Å². The molecule has 0 spiro atoms. The summed E-state index contributed by atoms with van der Waals surface area (Å²) in [5.41, 5.74) is 4.34. The van der Waals surface area contributed by atoms with Gasteiger partial charge in [-0.3, -0.25) is 5.10 Å². The molecule has 4 aromatic rings. The van der Waals surface area contributed by atoms with Gasteiger partial charge < -0.3 is 19.0 Å². The molecular weight excluding hydrogens is 397 g/mol. The molecule has 6 rings (SSSR count). The van der Waals surface area contributed by atoms with E-state index >= 15 is 0 Å². The van der Waals surface area contributed by atoms with Crippen LogP contribution in [0, 0.1) is 5.82 Å². The number of H-pyrrole nitrogens is 1. The largest absolute Gasteiger partial charge is 0.423 e. The molecule has 2 fully saturated rings. The van der Waals surface area contributed by atoms with Gasteiger partial charge in [-0.05, 0) is 37.1 Å². The van der Waals surface area contributed by atoms with Crippen molar-refractivity contribution in [2.24, 2.45) is 0 Å². The molecule has 4 heterocycles. The van der Waals surface area contributed by atoms with Crippen LogP contribution in [0.3, 0.4) is 0 Å². The zero-order valence-corrected chi connectivity index (χ0v) is 17.2. The van der Waals surface area contributed by atoms with Crippen LogP contribution in [0.15, 0.2) is 40.8 Å². The highest BCUT2D eigenvalue weighted by Gasteiger charge is 2.25. The van der Waals surface area contributed by atoms with Gasteiger partial charge in [-0.25, -0.2) is 4.39 Å². The van der Waals surface area contributed by atoms with Gasteiger partial charge in [0.1, 0.15) is 16.9 Å². The van der Waals surface area contributed by atoms with Crippen LogP contribution in [0.5, 0.6) is 0 Å². The average molecular weight is 421 g/mol. The minimum atomic E-state index is -0.244. The third-order valence-corrected chi connectivity index (χ3v) is 6.47. The predicted molar refractivity (Wildman–Crippen MR) is 117 cm³/mol. The van der Waals surface area contributed by atoms with Crippen LogP contribution in [0.1, 0.15) is 24.5 Å². The van der Waals surface area contributed by atoms with Crippen molar-refractivity contribution >= 4 is 33.7 Å². The molecule has 8 heteroatoms. The molecular formula is C23H24FN5O2. The Morgan fingerprint density at radius 3 is 2.68 bits per heavy atom. The van der Waals surface area contributed by atoms with E-state index in [1.54, 1.807) is 6.07 Å². The van der Waals surface area contributed by atoms with Gasteiger partial charge in [0.15, 0.2) is 5.58 Å². The number of fused-ring (bicyclic) bond motifs is 2. The zero-order valence-electron chi connectivity index (χ0n) is 17.2. The summed E-state index contributed by atoms with van der Waals surface area (Å²) >= 11 is 0. The Morgan fingerprint density at radius 1 is 1.00 bits per heavy atom. The molecule has 2 aliphatic rings. The Morgan fingerprint density at radius 2 is 1.84 bits per heavy atom. The van der Waals surface area contributed by atoms with Crippen LogP contribution in [0.25, 0.3) is 22.0 Å². The van der Waals surface area contributed by atoms with Crippen molar-refractivity contribution in [3.05, 3.63) is 47.9 Å². The third-order valence-electron chi connectivity index (χ3n) is 6.47. The number of rotatable bonds is 3. The molecule has 0 bridgehead atoms. The number of oxazole rings is 1. The Balaban J connectivity index is 1.19. The molecule has 0 radical (unpaired) electrons. The lowest BCUT2D eigenvalue weighted by atomic mass is 9.91. The van der Waals surface area contributed by atoms with Crippen molar-refractivity contribution in [2.75, 3.05) is 49.2 Å². The van der Waals surface area contributed by atoms with Gasteiger partial charge in [-0.15, -0.1) is 0 Å². The summed E-state index contributed by atoms with van der Waals surface area (Å²) in [4.78, 5) is 9.23. The standard InChI is InChI=1S/C23H24FN5O2/c24-18-3-1-2-17-21(26-27-22(17)18)15-6-8-28(9-7-15)16-4-5-20-19(14-16)25-23(31-20)29-10-12-30-13-11-29/h1-5,14-15H,6-13H2,(H,26,27). The molecule has 2 aromatic carbocycles. The van der Waals surface area contributed by atoms with Gasteiger partial charge >= 0.3 is 0 Å². The highest BCUT2D eigenvalue weighted by atomic mass is 19.1. The fourth-order valence-electron chi connectivity index (χ4n) is 4.74. The fraction of sp³-hybridized carbons (Fsp3) is 0.391. The summed E-state index contributed by atoms with van der Waals surface area (Å²) in [6.45, 7) is 4.87. The van der Waals surface area contributed by atoms with E-state index in [0.717, 1.165) is 66.9 Å². The first kappa shape index (κ1) is 18.6. The highest BCUT2D eigenvalue weighted by molar-refractivity contribution is 5.82. The number of halogens is 1. The minimum absolute atomic E-state index is 0.244. The van der Waals surface area contributed by atoms with Gasteiger partial charge in [0.2, 0.25) is 0 Å². The number of nitrogens with one attached hydrogen (secondary N) is 1. The van der Waals surface area contributed by atoms with Crippen molar-refractivity contribution in [1.82, 2.24) is 15.2 Å². The normalized spacial score (nSPS) is 18.4. The number of para-hydroxylation sites is 1. The van der Waals surface area contributed by atoms with Gasteiger partial charge in [-0.2, -0.15) is 10.1 Å². The minimum Gasteiger partial charge on any atom is -0.423 e. The molecule has 7 nitrogen and oxygen atoms in total. The fourth-order valence-corrected chi connectivity index (χ4v) is 4.74. The maximum Gasteiger partial charge on any atom is 0.298 e. The van der Waals surface area contributed by atoms with Crippen molar-refractivity contribution in [1.29, 1.82) is 0 Å². The molecule has 2 aromatic heterocycles. The molecule has 160 valence electrons. The number of nitrogens with zero attached hydrogens (tertiary/aromatic N) is 4. The first-order valence-electron chi connectivity index (χ1n) is 10.9. The molecule has 0 unspecified atom stereocenters. The van der Waals surface area contributed by atoms with Crippen LogP contribution in [-0.4, -0.2) is 54.6 Å². The SMILES string of the molecule is Fc1cccc2c(C3CCN(c4ccc5oc(N6CCOCC6)nc5c4)CC3)n[nH]c12. The maximum absolute atomic E-state index is 14.0. The first-order valence-corrected chi connectivity index (χ1v) is 10.9. The summed E-state index contributed by atoms with van der Waals surface area (Å²) in [5.74, 6) is 0.0848. The number of benzene rings is 2. The van der Waals surface area contributed by atoms with Crippen LogP contribution in [0.4, 0.5) is 16.1 Å². The quantitative estimate of drug-likeness (QED) is 0.538. The maximum atomic E-state index is 14.0. The van der Waals surface area contributed by atoms with Crippen molar-refractivity contribution in [3.8, 4) is 0 Å². The summed E-state index contributed by atoms with van der Waals surface area (Å²) < 4.78 is 25.4. The van der Waals surface area contributed by atoms with Crippen LogP contribution >= 0.6 is 0 Å². The summed E-state index contributed by atoms with van der Waals surface area (Å²) in [7, 11) is 0. The smallest absolute Gasteiger partial charge is 0.298 e. The molecule has 0 amide bonds. The van der Waals surface area contributed by atoms with E-state index in [-0.39, 0.29) is 5.82 Å². The Hall–Kier alpha value is -3.13. The number of aromatic amines is 1. The lowest BCUT2D eigenvalue weighted by molar-refractivity contribution is 0.120. The molecule has 0 saturated carbocycles.